The van der Waals surface area contributed by atoms with E-state index >= 15 is 0 Å². The van der Waals surface area contributed by atoms with Gasteiger partial charge in [0, 0.05) is 63.5 Å². The number of carbonyl (C=O) groups excluding carboxylic acids is 1. The molecule has 7 rings (SSSR count). The molecule has 298 valence electrons. The Bertz CT molecular complexity index is 2190. The largest absolute Gasteiger partial charge is 0.469 e. The fraction of sp³-hybridized carbons (Fsp3) is 0.326. The molecule has 57 heavy (non-hydrogen) atoms. The van der Waals surface area contributed by atoms with E-state index in [1.54, 1.807) is 24.3 Å². The Morgan fingerprint density at radius 2 is 1.60 bits per heavy atom. The number of imidazole rings is 1. The van der Waals surface area contributed by atoms with Gasteiger partial charge in [-0.05, 0) is 54.9 Å². The van der Waals surface area contributed by atoms with Gasteiger partial charge in [0.05, 0.1) is 42.8 Å². The molecule has 0 radical (unpaired) electrons. The van der Waals surface area contributed by atoms with Crippen LogP contribution in [0.3, 0.4) is 0 Å². The summed E-state index contributed by atoms with van der Waals surface area (Å²) in [6.07, 6.45) is -1.06. The van der Waals surface area contributed by atoms with Gasteiger partial charge in [-0.1, -0.05) is 60.7 Å². The van der Waals surface area contributed by atoms with Crippen LogP contribution in [0.5, 0.6) is 5.88 Å². The maximum absolute atomic E-state index is 13.3. The van der Waals surface area contributed by atoms with Crippen LogP contribution in [0.25, 0.3) is 16.9 Å². The first-order valence-electron chi connectivity index (χ1n) is 19.0. The van der Waals surface area contributed by atoms with E-state index in [1.165, 1.54) is 17.0 Å². The number of aromatic nitrogens is 3. The van der Waals surface area contributed by atoms with Crippen molar-refractivity contribution in [3.8, 4) is 17.1 Å². The third-order valence-corrected chi connectivity index (χ3v) is 9.99. The summed E-state index contributed by atoms with van der Waals surface area (Å²) in [5, 5.41) is 12.0. The Labute approximate surface area is 328 Å². The lowest BCUT2D eigenvalue weighted by molar-refractivity contribution is -0.140. The summed E-state index contributed by atoms with van der Waals surface area (Å²) in [5.41, 5.74) is 3.77. The highest BCUT2D eigenvalue weighted by Crippen LogP contribution is 2.31. The number of benzene rings is 3. The molecule has 0 bridgehead atoms. The van der Waals surface area contributed by atoms with E-state index in [0.29, 0.717) is 61.3 Å². The minimum atomic E-state index is -4.51. The molecule has 0 aliphatic carbocycles. The number of likely N-dealkylation sites (N-methyl/N-ethyl adjacent to an activating group) is 1. The molecule has 14 heteroatoms. The predicted octanol–water partition coefficient (Wildman–Crippen LogP) is 6.64. The molecule has 11 nitrogen and oxygen atoms in total. The predicted molar refractivity (Wildman–Crippen MR) is 208 cm³/mol. The van der Waals surface area contributed by atoms with E-state index in [0.717, 1.165) is 48.6 Å². The van der Waals surface area contributed by atoms with Crippen LogP contribution in [-0.4, -0.2) is 106 Å². The van der Waals surface area contributed by atoms with Crippen molar-refractivity contribution in [2.45, 2.75) is 31.9 Å². The molecule has 0 spiro atoms. The smallest absolute Gasteiger partial charge is 0.416 e. The van der Waals surface area contributed by atoms with Crippen LogP contribution in [0.1, 0.15) is 45.1 Å². The number of halogens is 3. The van der Waals surface area contributed by atoms with Gasteiger partial charge in [-0.2, -0.15) is 13.2 Å². The van der Waals surface area contributed by atoms with Crippen molar-refractivity contribution in [3.63, 3.8) is 0 Å². The molecule has 6 aromatic rings. The van der Waals surface area contributed by atoms with Gasteiger partial charge in [-0.3, -0.25) is 14.1 Å². The molecule has 1 aliphatic heterocycles. The van der Waals surface area contributed by atoms with Crippen molar-refractivity contribution in [1.29, 1.82) is 0 Å². The number of amides is 1. The third-order valence-electron chi connectivity index (χ3n) is 9.99. The molecular weight excluding hydrogens is 738 g/mol. The van der Waals surface area contributed by atoms with Gasteiger partial charge in [0.2, 0.25) is 5.88 Å². The van der Waals surface area contributed by atoms with E-state index in [9.17, 15) is 23.1 Å². The van der Waals surface area contributed by atoms with Gasteiger partial charge in [0.15, 0.2) is 5.65 Å². The number of hydrogen-bond acceptors (Lipinski definition) is 9. The first-order valence-corrected chi connectivity index (χ1v) is 19.0. The Hall–Kier alpha value is -5.54. The SMILES string of the molecule is CN(CCN(CCCN1CCOCC1)C(O)Oc1c(Cc2ccco2)nc2c(Cc3ccccc3)nc(-c3ccccc3)cn12)C(=O)c1ccc(C(F)(F)F)cc1. The standard InChI is InChI=1S/C43H45F3N6O5/c1-49(40(53)33-15-17-34(18-16-33)43(44,45)46)21-22-51(20-9-19-50-23-26-55-27-24-50)42(54)57-41-37(29-35-14-8-25-56-35)48-39-36(28-31-10-4-2-5-11-31)47-38(30-52(39)41)32-12-6-3-7-13-32/h2-8,10-18,25,30,42,54H,9,19-24,26-29H2,1H3. The molecule has 1 atom stereocenters. The Morgan fingerprint density at radius 3 is 2.28 bits per heavy atom. The minimum absolute atomic E-state index is 0.128. The molecule has 4 heterocycles. The van der Waals surface area contributed by atoms with Crippen LogP contribution in [-0.2, 0) is 23.8 Å². The van der Waals surface area contributed by atoms with Gasteiger partial charge < -0.3 is 23.9 Å². The normalized spacial score (nSPS) is 14.3. The van der Waals surface area contributed by atoms with Crippen LogP contribution in [0.4, 0.5) is 13.2 Å². The lowest BCUT2D eigenvalue weighted by atomic mass is 10.1. The monoisotopic (exact) mass is 782 g/mol. The lowest BCUT2D eigenvalue weighted by Gasteiger charge is -2.31. The second-order valence-corrected chi connectivity index (χ2v) is 14.0. The van der Waals surface area contributed by atoms with E-state index in [-0.39, 0.29) is 25.1 Å². The maximum Gasteiger partial charge on any atom is 0.416 e. The molecule has 1 unspecified atom stereocenters. The summed E-state index contributed by atoms with van der Waals surface area (Å²) in [7, 11) is 1.58. The topological polar surface area (TPSA) is 109 Å². The summed E-state index contributed by atoms with van der Waals surface area (Å²) < 4.78 is 59.1. The highest BCUT2D eigenvalue weighted by atomic mass is 19.4. The molecule has 0 saturated carbocycles. The molecular formula is C43H45F3N6O5. The summed E-state index contributed by atoms with van der Waals surface area (Å²) in [4.78, 5) is 28.9. The highest BCUT2D eigenvalue weighted by molar-refractivity contribution is 5.94. The highest BCUT2D eigenvalue weighted by Gasteiger charge is 2.31. The van der Waals surface area contributed by atoms with Crippen LogP contribution < -0.4 is 4.74 Å². The number of alkyl halides is 3. The fourth-order valence-electron chi connectivity index (χ4n) is 6.84. The van der Waals surface area contributed by atoms with Crippen molar-refractivity contribution in [1.82, 2.24) is 29.1 Å². The Morgan fingerprint density at radius 1 is 0.877 bits per heavy atom. The maximum atomic E-state index is 13.3. The third kappa shape index (κ3) is 10.1. The number of fused-ring (bicyclic) bond motifs is 1. The first kappa shape index (κ1) is 39.7. The van der Waals surface area contributed by atoms with E-state index in [1.807, 2.05) is 77.3 Å². The van der Waals surface area contributed by atoms with Crippen LogP contribution >= 0.6 is 0 Å². The lowest BCUT2D eigenvalue weighted by Crippen LogP contribution is -2.46. The van der Waals surface area contributed by atoms with Gasteiger partial charge in [0.1, 0.15) is 11.5 Å². The van der Waals surface area contributed by atoms with Gasteiger partial charge in [-0.25, -0.2) is 14.9 Å². The molecule has 1 N–H and O–H groups in total. The number of rotatable bonds is 16. The number of morpholine rings is 1. The van der Waals surface area contributed by atoms with Crippen LogP contribution in [0, 0.1) is 0 Å². The first-order chi connectivity index (χ1) is 27.6. The van der Waals surface area contributed by atoms with E-state index in [2.05, 4.69) is 4.90 Å². The number of aliphatic hydroxyl groups excluding tert-OH is 1. The Balaban J connectivity index is 1.19. The van der Waals surface area contributed by atoms with Crippen molar-refractivity contribution >= 4 is 11.6 Å². The zero-order valence-corrected chi connectivity index (χ0v) is 31.6. The Kier molecular flexibility index (Phi) is 12.6. The number of carbonyl (C=O) groups is 1. The average Bonchev–Trinajstić information content (AvgIpc) is 3.87. The molecule has 1 saturated heterocycles. The summed E-state index contributed by atoms with van der Waals surface area (Å²) in [6.45, 7) is 4.48. The quantitative estimate of drug-likeness (QED) is 0.108. The summed E-state index contributed by atoms with van der Waals surface area (Å²) in [5.74, 6) is 0.529. The van der Waals surface area contributed by atoms with Gasteiger partial charge in [-0.15, -0.1) is 0 Å². The van der Waals surface area contributed by atoms with Crippen molar-refractivity contribution < 1.29 is 37.0 Å². The molecule has 1 aliphatic rings. The average molecular weight is 783 g/mol. The number of nitrogens with zero attached hydrogens (tertiary/aromatic N) is 6. The van der Waals surface area contributed by atoms with E-state index < -0.39 is 24.1 Å². The molecule has 3 aromatic carbocycles. The van der Waals surface area contributed by atoms with E-state index in [4.69, 9.17) is 23.9 Å². The minimum Gasteiger partial charge on any atom is -0.469 e. The summed E-state index contributed by atoms with van der Waals surface area (Å²) >= 11 is 0. The van der Waals surface area contributed by atoms with Gasteiger partial charge >= 0.3 is 6.18 Å². The molecule has 3 aromatic heterocycles. The second-order valence-electron chi connectivity index (χ2n) is 14.0. The number of hydrogen-bond donors (Lipinski definition) is 1. The summed E-state index contributed by atoms with van der Waals surface area (Å²) in [6, 6.07) is 27.6. The number of furan rings is 1. The van der Waals surface area contributed by atoms with Crippen molar-refractivity contribution in [2.24, 2.45) is 0 Å². The van der Waals surface area contributed by atoms with Crippen molar-refractivity contribution in [3.05, 3.63) is 143 Å². The number of ether oxygens (including phenoxy) is 2. The molecule has 1 amide bonds. The van der Waals surface area contributed by atoms with Crippen molar-refractivity contribution in [2.75, 3.05) is 59.5 Å². The van der Waals surface area contributed by atoms with Crippen LogP contribution in [0.15, 0.2) is 114 Å². The molecule has 1 fully saturated rings. The second kappa shape index (κ2) is 18.2. The number of aliphatic hydroxyl groups is 1. The van der Waals surface area contributed by atoms with Crippen LogP contribution in [0.2, 0.25) is 0 Å². The zero-order valence-electron chi connectivity index (χ0n) is 31.6. The zero-order chi connectivity index (χ0) is 39.8. The fourth-order valence-corrected chi connectivity index (χ4v) is 6.84. The van der Waals surface area contributed by atoms with Gasteiger partial charge in [0.25, 0.3) is 12.3 Å².